The minimum atomic E-state index is 0.291. The summed E-state index contributed by atoms with van der Waals surface area (Å²) in [6.45, 7) is 10.8. The van der Waals surface area contributed by atoms with Crippen LogP contribution in [0, 0.1) is 20.8 Å². The fourth-order valence-corrected chi connectivity index (χ4v) is 2.91. The Bertz CT molecular complexity index is 598. The number of nitrogens with zero attached hydrogens (tertiary/aromatic N) is 2. The molecule has 0 aliphatic rings. The van der Waals surface area contributed by atoms with Gasteiger partial charge < -0.3 is 5.32 Å². The molecule has 0 bridgehead atoms. The second kappa shape index (κ2) is 5.80. The van der Waals surface area contributed by atoms with Gasteiger partial charge in [0.25, 0.3) is 0 Å². The topological polar surface area (TPSA) is 29.9 Å². The van der Waals surface area contributed by atoms with E-state index < -0.39 is 0 Å². The van der Waals surface area contributed by atoms with E-state index in [0.717, 1.165) is 5.69 Å². The Balaban J connectivity index is 2.17. The van der Waals surface area contributed by atoms with E-state index >= 15 is 0 Å². The summed E-state index contributed by atoms with van der Waals surface area (Å²) in [5.74, 6) is 0. The van der Waals surface area contributed by atoms with E-state index in [0.29, 0.717) is 12.1 Å². The van der Waals surface area contributed by atoms with Gasteiger partial charge in [0, 0.05) is 30.4 Å². The quantitative estimate of drug-likeness (QED) is 0.917. The monoisotopic (exact) mass is 271 g/mol. The summed E-state index contributed by atoms with van der Waals surface area (Å²) in [5, 5.41) is 8.18. The van der Waals surface area contributed by atoms with Crippen molar-refractivity contribution in [2.24, 2.45) is 7.05 Å². The molecule has 0 radical (unpaired) electrons. The van der Waals surface area contributed by atoms with Gasteiger partial charge in [-0.2, -0.15) is 5.10 Å². The molecule has 2 atom stereocenters. The first-order valence-electron chi connectivity index (χ1n) is 7.23. The molecule has 0 amide bonds. The Morgan fingerprint density at radius 3 is 2.35 bits per heavy atom. The van der Waals surface area contributed by atoms with Crippen molar-refractivity contribution in [3.05, 3.63) is 52.3 Å². The summed E-state index contributed by atoms with van der Waals surface area (Å²) in [6, 6.07) is 9.29. The third-order valence-electron chi connectivity index (χ3n) is 4.04. The lowest BCUT2D eigenvalue weighted by atomic mass is 10.0. The highest BCUT2D eigenvalue weighted by Gasteiger charge is 2.18. The first kappa shape index (κ1) is 14.8. The molecule has 2 rings (SSSR count). The molecule has 0 spiro atoms. The maximum Gasteiger partial charge on any atom is 0.0644 e. The first-order valence-corrected chi connectivity index (χ1v) is 7.23. The fraction of sp³-hybridized carbons (Fsp3) is 0.471. The number of hydrogen-bond donors (Lipinski definition) is 1. The molecule has 3 heteroatoms. The van der Waals surface area contributed by atoms with Crippen LogP contribution in [-0.2, 0) is 7.05 Å². The number of rotatable bonds is 4. The van der Waals surface area contributed by atoms with Gasteiger partial charge in [-0.1, -0.05) is 29.8 Å². The van der Waals surface area contributed by atoms with Gasteiger partial charge in [0.2, 0.25) is 0 Å². The summed E-state index contributed by atoms with van der Waals surface area (Å²) in [4.78, 5) is 0. The highest BCUT2D eigenvalue weighted by atomic mass is 15.3. The lowest BCUT2D eigenvalue weighted by Crippen LogP contribution is -2.23. The summed E-state index contributed by atoms with van der Waals surface area (Å²) >= 11 is 0. The van der Waals surface area contributed by atoms with Crippen LogP contribution >= 0.6 is 0 Å². The predicted molar refractivity (Wildman–Crippen MR) is 83.8 cm³/mol. The SMILES string of the molecule is Cc1cccc([C@@H](C)NC(C)c2c(C)nn(C)c2C)c1. The van der Waals surface area contributed by atoms with Crippen molar-refractivity contribution in [2.45, 2.75) is 46.7 Å². The van der Waals surface area contributed by atoms with E-state index in [2.05, 4.69) is 69.3 Å². The molecule has 0 saturated heterocycles. The van der Waals surface area contributed by atoms with Crippen molar-refractivity contribution in [2.75, 3.05) is 0 Å². The van der Waals surface area contributed by atoms with Gasteiger partial charge in [-0.05, 0) is 40.2 Å². The van der Waals surface area contributed by atoms with Crippen LogP contribution in [0.2, 0.25) is 0 Å². The Hall–Kier alpha value is -1.61. The zero-order chi connectivity index (χ0) is 14.9. The molecule has 0 saturated carbocycles. The minimum Gasteiger partial charge on any atom is -0.304 e. The van der Waals surface area contributed by atoms with Gasteiger partial charge in [0.1, 0.15) is 0 Å². The van der Waals surface area contributed by atoms with E-state index in [1.54, 1.807) is 0 Å². The second-order valence-corrected chi connectivity index (χ2v) is 5.73. The van der Waals surface area contributed by atoms with Gasteiger partial charge >= 0.3 is 0 Å². The molecule has 1 aromatic carbocycles. The van der Waals surface area contributed by atoms with Crippen molar-refractivity contribution in [3.63, 3.8) is 0 Å². The molecule has 1 N–H and O–H groups in total. The number of aryl methyl sites for hydroxylation is 3. The molecule has 0 aliphatic heterocycles. The average molecular weight is 271 g/mol. The van der Waals surface area contributed by atoms with Gasteiger partial charge in [-0.15, -0.1) is 0 Å². The molecule has 108 valence electrons. The zero-order valence-corrected chi connectivity index (χ0v) is 13.4. The normalized spacial score (nSPS) is 14.3. The number of aromatic nitrogens is 2. The molecule has 1 unspecified atom stereocenters. The largest absolute Gasteiger partial charge is 0.304 e. The zero-order valence-electron chi connectivity index (χ0n) is 13.4. The van der Waals surface area contributed by atoms with Crippen LogP contribution in [0.15, 0.2) is 24.3 Å². The summed E-state index contributed by atoms with van der Waals surface area (Å²) in [5.41, 5.74) is 6.29. The van der Waals surface area contributed by atoms with Crippen LogP contribution in [-0.4, -0.2) is 9.78 Å². The van der Waals surface area contributed by atoms with Crippen LogP contribution in [0.25, 0.3) is 0 Å². The van der Waals surface area contributed by atoms with Crippen molar-refractivity contribution in [3.8, 4) is 0 Å². The third kappa shape index (κ3) is 2.93. The van der Waals surface area contributed by atoms with Crippen LogP contribution in [0.4, 0.5) is 0 Å². The van der Waals surface area contributed by atoms with Crippen molar-refractivity contribution < 1.29 is 0 Å². The molecule has 20 heavy (non-hydrogen) atoms. The van der Waals surface area contributed by atoms with E-state index in [1.807, 2.05) is 11.7 Å². The average Bonchev–Trinajstić information content (AvgIpc) is 2.63. The summed E-state index contributed by atoms with van der Waals surface area (Å²) in [7, 11) is 2.00. The van der Waals surface area contributed by atoms with Crippen LogP contribution in [0.1, 0.15) is 54.0 Å². The Labute approximate surface area is 122 Å². The highest BCUT2D eigenvalue weighted by molar-refractivity contribution is 5.29. The van der Waals surface area contributed by atoms with E-state index in [4.69, 9.17) is 0 Å². The Morgan fingerprint density at radius 1 is 1.10 bits per heavy atom. The maximum atomic E-state index is 4.50. The van der Waals surface area contributed by atoms with Crippen LogP contribution in [0.5, 0.6) is 0 Å². The Morgan fingerprint density at radius 2 is 1.80 bits per heavy atom. The third-order valence-corrected chi connectivity index (χ3v) is 4.04. The molecule has 1 heterocycles. The number of nitrogens with one attached hydrogen (secondary N) is 1. The predicted octanol–water partition coefficient (Wildman–Crippen LogP) is 3.76. The minimum absolute atomic E-state index is 0.291. The number of hydrogen-bond acceptors (Lipinski definition) is 2. The molecule has 0 fully saturated rings. The Kier molecular flexibility index (Phi) is 4.29. The van der Waals surface area contributed by atoms with Crippen molar-refractivity contribution in [1.82, 2.24) is 15.1 Å². The highest BCUT2D eigenvalue weighted by Crippen LogP contribution is 2.24. The lowest BCUT2D eigenvalue weighted by molar-refractivity contribution is 0.491. The maximum absolute atomic E-state index is 4.50. The molecular formula is C17H25N3. The fourth-order valence-electron chi connectivity index (χ4n) is 2.91. The molecular weight excluding hydrogens is 246 g/mol. The van der Waals surface area contributed by atoms with Crippen LogP contribution < -0.4 is 5.32 Å². The van der Waals surface area contributed by atoms with E-state index in [-0.39, 0.29) is 0 Å². The molecule has 1 aromatic heterocycles. The number of benzene rings is 1. The summed E-state index contributed by atoms with van der Waals surface area (Å²) < 4.78 is 1.96. The molecule has 0 aliphatic carbocycles. The van der Waals surface area contributed by atoms with Gasteiger partial charge in [0.05, 0.1) is 5.69 Å². The molecule has 3 nitrogen and oxygen atoms in total. The van der Waals surface area contributed by atoms with E-state index in [1.165, 1.54) is 22.4 Å². The van der Waals surface area contributed by atoms with Gasteiger partial charge in [-0.3, -0.25) is 4.68 Å². The molecule has 2 aromatic rings. The first-order chi connectivity index (χ1) is 9.40. The lowest BCUT2D eigenvalue weighted by Gasteiger charge is -2.21. The van der Waals surface area contributed by atoms with E-state index in [9.17, 15) is 0 Å². The smallest absolute Gasteiger partial charge is 0.0644 e. The standard InChI is InChI=1S/C17H25N3/c1-11-8-7-9-16(10-11)12(2)18-13(3)17-14(4)19-20(6)15(17)5/h7-10,12-13,18H,1-6H3/t12-,13?/m1/s1. The van der Waals surface area contributed by atoms with Crippen molar-refractivity contribution >= 4 is 0 Å². The summed E-state index contributed by atoms with van der Waals surface area (Å²) in [6.07, 6.45) is 0. The van der Waals surface area contributed by atoms with Crippen LogP contribution in [0.3, 0.4) is 0 Å². The van der Waals surface area contributed by atoms with Gasteiger partial charge in [0.15, 0.2) is 0 Å². The second-order valence-electron chi connectivity index (χ2n) is 5.73. The van der Waals surface area contributed by atoms with Gasteiger partial charge in [-0.25, -0.2) is 0 Å². The van der Waals surface area contributed by atoms with Crippen molar-refractivity contribution in [1.29, 1.82) is 0 Å².